The third kappa shape index (κ3) is 4.02. The van der Waals surface area contributed by atoms with Gasteiger partial charge in [0.25, 0.3) is 0 Å². The number of carbonyl (C=O) groups is 1. The van der Waals surface area contributed by atoms with Crippen molar-refractivity contribution in [3.63, 3.8) is 0 Å². The number of alkyl halides is 3. The van der Waals surface area contributed by atoms with Crippen molar-refractivity contribution in [2.45, 2.75) is 6.18 Å². The molecule has 3 nitrogen and oxygen atoms in total. The Bertz CT molecular complexity index is 571. The minimum atomic E-state index is -4.54. The van der Waals surface area contributed by atoms with Gasteiger partial charge in [-0.1, -0.05) is 0 Å². The molecule has 0 aliphatic carbocycles. The van der Waals surface area contributed by atoms with Crippen molar-refractivity contribution in [2.75, 3.05) is 20.8 Å². The van der Waals surface area contributed by atoms with Gasteiger partial charge in [0.1, 0.15) is 0 Å². The molecule has 0 bridgehead atoms. The molecule has 1 atom stereocenters. The first-order valence-electron chi connectivity index (χ1n) is 5.38. The summed E-state index contributed by atoms with van der Waals surface area (Å²) >= 11 is 0.906. The van der Waals surface area contributed by atoms with E-state index in [1.807, 2.05) is 0 Å². The van der Waals surface area contributed by atoms with Gasteiger partial charge in [0.05, 0.1) is 0 Å². The van der Waals surface area contributed by atoms with Crippen LogP contribution in [0.4, 0.5) is 13.2 Å². The normalized spacial score (nSPS) is 10.7. The monoisotopic (exact) mass is 348 g/mol. The third-order valence-electron chi connectivity index (χ3n) is 2.34. The van der Waals surface area contributed by atoms with E-state index >= 15 is 0 Å². The van der Waals surface area contributed by atoms with E-state index in [2.05, 4.69) is 21.3 Å². The van der Waals surface area contributed by atoms with Crippen molar-refractivity contribution in [3.8, 4) is 11.8 Å². The van der Waals surface area contributed by atoms with Crippen LogP contribution < -0.4 is 4.35 Å². The van der Waals surface area contributed by atoms with Crippen LogP contribution in [0.15, 0.2) is 12.1 Å². The Morgan fingerprint density at radius 3 is 2.50 bits per heavy atom. The average molecular weight is 348 g/mol. The van der Waals surface area contributed by atoms with Gasteiger partial charge in [0, 0.05) is 0 Å². The summed E-state index contributed by atoms with van der Waals surface area (Å²) in [5, 5.41) is 0. The molecule has 0 aliphatic rings. The fraction of sp³-hybridized carbons (Fsp3) is 0.308. The molecule has 0 aromatic heterocycles. The molecule has 1 unspecified atom stereocenters. The molecule has 0 spiro atoms. The van der Waals surface area contributed by atoms with Crippen molar-refractivity contribution in [1.82, 2.24) is 0 Å². The van der Waals surface area contributed by atoms with Gasteiger partial charge < -0.3 is 0 Å². The first-order valence-corrected chi connectivity index (χ1v) is 6.59. The van der Waals surface area contributed by atoms with Gasteiger partial charge in [0.15, 0.2) is 0 Å². The van der Waals surface area contributed by atoms with Gasteiger partial charge in [-0.3, -0.25) is 0 Å². The van der Waals surface area contributed by atoms with Crippen LogP contribution in [0.5, 0.6) is 0 Å². The Morgan fingerprint density at radius 1 is 1.35 bits per heavy atom. The Hall–Kier alpha value is -1.44. The van der Waals surface area contributed by atoms with E-state index in [9.17, 15) is 18.0 Å². The van der Waals surface area contributed by atoms with Crippen molar-refractivity contribution in [3.05, 3.63) is 28.8 Å². The predicted octanol–water partition coefficient (Wildman–Crippen LogP) is 0.748. The molecule has 20 heavy (non-hydrogen) atoms. The summed E-state index contributed by atoms with van der Waals surface area (Å²) in [6.07, 6.45) is -4.54. The SMILES string of the molecule is COCC#Cc1cc(C(=O)OC)c([AsH2])cc1C(F)(F)F. The average Bonchev–Trinajstić information content (AvgIpc) is 2.38. The zero-order valence-electron chi connectivity index (χ0n) is 10.8. The molecule has 108 valence electrons. The summed E-state index contributed by atoms with van der Waals surface area (Å²) in [6.45, 7) is 0.00265. The van der Waals surface area contributed by atoms with E-state index in [0.717, 1.165) is 29.0 Å². The second-order valence-corrected chi connectivity index (χ2v) is 5.01. The summed E-state index contributed by atoms with van der Waals surface area (Å²) in [5.41, 5.74) is -1.05. The molecule has 0 saturated heterocycles. The van der Waals surface area contributed by atoms with Crippen LogP contribution >= 0.6 is 0 Å². The van der Waals surface area contributed by atoms with Crippen LogP contribution in [0.2, 0.25) is 0 Å². The molecule has 1 aromatic carbocycles. The van der Waals surface area contributed by atoms with E-state index in [1.165, 1.54) is 14.2 Å². The maximum atomic E-state index is 12.9. The van der Waals surface area contributed by atoms with Gasteiger partial charge in [-0.25, -0.2) is 0 Å². The van der Waals surface area contributed by atoms with E-state index in [-0.39, 0.29) is 22.1 Å². The Balaban J connectivity index is 3.43. The molecule has 0 radical (unpaired) electrons. The van der Waals surface area contributed by atoms with Crippen LogP contribution in [0.25, 0.3) is 0 Å². The molecule has 7 heteroatoms. The summed E-state index contributed by atoms with van der Waals surface area (Å²) in [5.74, 6) is 4.13. The van der Waals surface area contributed by atoms with Crippen LogP contribution in [0, 0.1) is 11.8 Å². The Kier molecular flexibility index (Phi) is 5.67. The molecule has 0 N–H and O–H groups in total. The third-order valence-corrected chi connectivity index (χ3v) is 3.34. The number of benzene rings is 1. The molecule has 0 heterocycles. The molecule has 1 aromatic rings. The molecule has 0 aliphatic heterocycles. The fourth-order valence-corrected chi connectivity index (χ4v) is 2.22. The second-order valence-electron chi connectivity index (χ2n) is 3.71. The zero-order valence-corrected chi connectivity index (χ0v) is 13.2. The first-order chi connectivity index (χ1) is 9.31. The first kappa shape index (κ1) is 16.6. The molecule has 0 amide bonds. The topological polar surface area (TPSA) is 35.5 Å². The summed E-state index contributed by atoms with van der Waals surface area (Å²) in [4.78, 5) is 11.5. The second kappa shape index (κ2) is 6.83. The van der Waals surface area contributed by atoms with Crippen molar-refractivity contribution in [2.24, 2.45) is 0 Å². The van der Waals surface area contributed by atoms with Crippen molar-refractivity contribution in [1.29, 1.82) is 0 Å². The Labute approximate surface area is 122 Å². The van der Waals surface area contributed by atoms with Crippen LogP contribution in [0.3, 0.4) is 0 Å². The predicted molar refractivity (Wildman–Crippen MR) is 69.7 cm³/mol. The molecular weight excluding hydrogens is 336 g/mol. The summed E-state index contributed by atoms with van der Waals surface area (Å²) < 4.78 is 48.3. The number of esters is 1. The van der Waals surface area contributed by atoms with E-state index in [0.29, 0.717) is 0 Å². The Morgan fingerprint density at radius 2 is 2.00 bits per heavy atom. The van der Waals surface area contributed by atoms with Crippen LogP contribution in [-0.2, 0) is 15.7 Å². The summed E-state index contributed by atoms with van der Waals surface area (Å²) in [6, 6.07) is 2.03. The number of carbonyl (C=O) groups excluding carboxylic acids is 1. The fourth-order valence-electron chi connectivity index (χ4n) is 1.44. The van der Waals surface area contributed by atoms with Gasteiger partial charge in [-0.15, -0.1) is 0 Å². The molecule has 0 saturated carbocycles. The van der Waals surface area contributed by atoms with E-state index in [4.69, 9.17) is 0 Å². The standard InChI is InChI=1S/C13H12AsF3O3/c1-19-5-3-4-8-6-9(12(18)20-2)11(14)7-10(8)13(15,16)17/h6-7H,5,14H2,1-2H3. The van der Waals surface area contributed by atoms with E-state index < -0.39 is 17.7 Å². The number of halogens is 3. The molecule has 1 rings (SSSR count). The maximum absolute atomic E-state index is 12.9. The molecule has 0 fully saturated rings. The minimum absolute atomic E-state index is 0.00265. The number of ether oxygens (including phenoxy) is 2. The van der Waals surface area contributed by atoms with E-state index in [1.54, 1.807) is 0 Å². The van der Waals surface area contributed by atoms with Gasteiger partial charge in [-0.05, 0) is 0 Å². The van der Waals surface area contributed by atoms with Gasteiger partial charge in [0.2, 0.25) is 0 Å². The summed E-state index contributed by atoms with van der Waals surface area (Å²) in [7, 11) is 2.56. The zero-order chi connectivity index (χ0) is 15.3. The van der Waals surface area contributed by atoms with Gasteiger partial charge in [-0.2, -0.15) is 0 Å². The van der Waals surface area contributed by atoms with Crippen molar-refractivity contribution < 1.29 is 27.4 Å². The number of methoxy groups -OCH3 is 2. The number of hydrogen-bond donors (Lipinski definition) is 0. The number of hydrogen-bond acceptors (Lipinski definition) is 3. The van der Waals surface area contributed by atoms with Crippen LogP contribution in [0.1, 0.15) is 21.5 Å². The van der Waals surface area contributed by atoms with Crippen LogP contribution in [-0.4, -0.2) is 43.6 Å². The quantitative estimate of drug-likeness (QED) is 0.450. The van der Waals surface area contributed by atoms with Gasteiger partial charge >= 0.3 is 122 Å². The van der Waals surface area contributed by atoms with Crippen molar-refractivity contribution >= 4 is 27.2 Å². The molecular formula is C13H12AsF3O3. The number of rotatable bonds is 2.